The third kappa shape index (κ3) is 3.93. The van der Waals surface area contributed by atoms with Gasteiger partial charge in [0.05, 0.1) is 23.9 Å². The van der Waals surface area contributed by atoms with Crippen LogP contribution in [0.5, 0.6) is 0 Å². The second-order valence-corrected chi connectivity index (χ2v) is 8.27. The summed E-state index contributed by atoms with van der Waals surface area (Å²) in [6, 6.07) is 0. The smallest absolute Gasteiger partial charge is 0.476 e. The van der Waals surface area contributed by atoms with Crippen LogP contribution in [0.25, 0.3) is 0 Å². The monoisotopic (exact) mass is 353 g/mol. The van der Waals surface area contributed by atoms with Gasteiger partial charge in [0.2, 0.25) is 0 Å². The summed E-state index contributed by atoms with van der Waals surface area (Å²) in [4.78, 5) is 10.9. The Bertz CT molecular complexity index is 690. The van der Waals surface area contributed by atoms with Crippen LogP contribution in [-0.4, -0.2) is 44.4 Å². The van der Waals surface area contributed by atoms with Gasteiger partial charge in [0.1, 0.15) is 5.73 Å². The first-order chi connectivity index (χ1) is 11.2. The summed E-state index contributed by atoms with van der Waals surface area (Å²) in [6.45, 7) is 13.1. The normalized spacial score (nSPS) is 20.6. The Hall–Kier alpha value is -1.74. The van der Waals surface area contributed by atoms with E-state index in [0.29, 0.717) is 5.57 Å². The van der Waals surface area contributed by atoms with Crippen LogP contribution in [0.15, 0.2) is 17.5 Å². The van der Waals surface area contributed by atoms with Gasteiger partial charge in [-0.1, -0.05) is 26.0 Å². The van der Waals surface area contributed by atoms with Crippen molar-refractivity contribution in [2.24, 2.45) is 5.41 Å². The SMILES string of the molecule is CC(C)(C)C(Cn1cc(C(=O)O)nn1)=C(F)B1OC(C)(C)C(C)(C)O1. The minimum atomic E-state index is -1.18. The van der Waals surface area contributed by atoms with E-state index < -0.39 is 35.4 Å². The summed E-state index contributed by atoms with van der Waals surface area (Å²) in [5, 5.41) is 16.3. The molecule has 0 aliphatic carbocycles. The predicted molar refractivity (Wildman–Crippen MR) is 90.7 cm³/mol. The van der Waals surface area contributed by atoms with Crippen molar-refractivity contribution in [3.63, 3.8) is 0 Å². The highest BCUT2D eigenvalue weighted by Crippen LogP contribution is 2.41. The molecular weight excluding hydrogens is 328 g/mol. The Kier molecular flexibility index (Phi) is 4.87. The topological polar surface area (TPSA) is 86.5 Å². The summed E-state index contributed by atoms with van der Waals surface area (Å²) in [6.07, 6.45) is 1.27. The molecule has 9 heteroatoms. The van der Waals surface area contributed by atoms with Crippen LogP contribution in [-0.2, 0) is 15.9 Å². The van der Waals surface area contributed by atoms with Crippen molar-refractivity contribution in [3.8, 4) is 0 Å². The molecule has 2 rings (SSSR count). The molecule has 1 N–H and O–H groups in total. The van der Waals surface area contributed by atoms with E-state index in [0.717, 1.165) is 0 Å². The molecule has 0 amide bonds. The summed E-state index contributed by atoms with van der Waals surface area (Å²) in [5.41, 5.74) is -2.14. The van der Waals surface area contributed by atoms with E-state index in [2.05, 4.69) is 10.3 Å². The molecule has 1 aromatic rings. The number of carboxylic acids is 1. The van der Waals surface area contributed by atoms with Crippen LogP contribution >= 0.6 is 0 Å². The van der Waals surface area contributed by atoms with Crippen molar-refractivity contribution in [1.29, 1.82) is 0 Å². The number of hydrogen-bond donors (Lipinski definition) is 1. The molecule has 1 aliphatic heterocycles. The highest BCUT2D eigenvalue weighted by molar-refractivity contribution is 6.53. The fraction of sp³-hybridized carbons (Fsp3) is 0.688. The molecule has 1 saturated heterocycles. The number of aromatic nitrogens is 3. The van der Waals surface area contributed by atoms with Gasteiger partial charge in [0.25, 0.3) is 0 Å². The zero-order valence-corrected chi connectivity index (χ0v) is 15.8. The first-order valence-electron chi connectivity index (χ1n) is 8.13. The Morgan fingerprint density at radius 2 is 1.80 bits per heavy atom. The van der Waals surface area contributed by atoms with Crippen LogP contribution in [0.1, 0.15) is 59.0 Å². The predicted octanol–water partition coefficient (Wildman–Crippen LogP) is 2.88. The third-order valence-electron chi connectivity index (χ3n) is 4.73. The summed E-state index contributed by atoms with van der Waals surface area (Å²) < 4.78 is 28.1. The molecule has 0 atom stereocenters. The van der Waals surface area contributed by atoms with Gasteiger partial charge in [-0.3, -0.25) is 0 Å². The first kappa shape index (κ1) is 19.6. The lowest BCUT2D eigenvalue weighted by Crippen LogP contribution is -2.41. The van der Waals surface area contributed by atoms with E-state index >= 15 is 4.39 Å². The minimum Gasteiger partial charge on any atom is -0.476 e. The highest BCUT2D eigenvalue weighted by atomic mass is 19.1. The largest absolute Gasteiger partial charge is 0.525 e. The minimum absolute atomic E-state index is 0.0552. The molecule has 0 unspecified atom stereocenters. The molecule has 2 heterocycles. The van der Waals surface area contributed by atoms with Gasteiger partial charge in [-0.15, -0.1) is 5.10 Å². The van der Waals surface area contributed by atoms with Crippen LogP contribution in [0.4, 0.5) is 4.39 Å². The fourth-order valence-corrected chi connectivity index (χ4v) is 2.40. The molecule has 1 aliphatic rings. The van der Waals surface area contributed by atoms with Gasteiger partial charge >= 0.3 is 13.1 Å². The summed E-state index contributed by atoms with van der Waals surface area (Å²) >= 11 is 0. The molecule has 7 nitrogen and oxygen atoms in total. The average molecular weight is 353 g/mol. The lowest BCUT2D eigenvalue weighted by molar-refractivity contribution is 0.00578. The van der Waals surface area contributed by atoms with Gasteiger partial charge in [-0.2, -0.15) is 0 Å². The van der Waals surface area contributed by atoms with E-state index in [4.69, 9.17) is 14.4 Å². The summed E-state index contributed by atoms with van der Waals surface area (Å²) in [5.74, 6) is -1.18. The van der Waals surface area contributed by atoms with E-state index in [9.17, 15) is 4.79 Å². The number of rotatable bonds is 4. The Labute approximate surface area is 147 Å². The van der Waals surface area contributed by atoms with Crippen molar-refractivity contribution < 1.29 is 23.6 Å². The molecule has 0 spiro atoms. The number of carboxylic acid groups (broad SMARTS) is 1. The zero-order valence-electron chi connectivity index (χ0n) is 15.8. The van der Waals surface area contributed by atoms with Gasteiger partial charge in [-0.25, -0.2) is 13.9 Å². The number of allylic oxidation sites excluding steroid dienone is 1. The molecule has 0 aromatic carbocycles. The van der Waals surface area contributed by atoms with Crippen LogP contribution in [0, 0.1) is 5.41 Å². The van der Waals surface area contributed by atoms with Crippen molar-refractivity contribution in [3.05, 3.63) is 23.2 Å². The van der Waals surface area contributed by atoms with Gasteiger partial charge in [0, 0.05) is 0 Å². The van der Waals surface area contributed by atoms with Gasteiger partial charge in [-0.05, 0) is 38.7 Å². The van der Waals surface area contributed by atoms with E-state index in [1.807, 2.05) is 48.5 Å². The number of carbonyl (C=O) groups is 1. The number of nitrogens with zero attached hydrogens (tertiary/aromatic N) is 3. The van der Waals surface area contributed by atoms with Crippen molar-refractivity contribution >= 4 is 13.1 Å². The quantitative estimate of drug-likeness (QED) is 0.838. The first-order valence-corrected chi connectivity index (χ1v) is 8.13. The van der Waals surface area contributed by atoms with Gasteiger partial charge in [0.15, 0.2) is 5.69 Å². The summed E-state index contributed by atoms with van der Waals surface area (Å²) in [7, 11) is -1.11. The van der Waals surface area contributed by atoms with Crippen molar-refractivity contribution in [2.75, 3.05) is 0 Å². The van der Waals surface area contributed by atoms with Crippen LogP contribution < -0.4 is 0 Å². The van der Waals surface area contributed by atoms with Crippen LogP contribution in [0.3, 0.4) is 0 Å². The molecule has 0 radical (unpaired) electrons. The molecule has 0 saturated carbocycles. The van der Waals surface area contributed by atoms with Gasteiger partial charge < -0.3 is 14.4 Å². The highest BCUT2D eigenvalue weighted by Gasteiger charge is 2.54. The maximum absolute atomic E-state index is 15.3. The van der Waals surface area contributed by atoms with E-state index in [-0.39, 0.29) is 12.2 Å². The van der Waals surface area contributed by atoms with E-state index in [1.54, 1.807) is 0 Å². The molecule has 25 heavy (non-hydrogen) atoms. The Balaban J connectivity index is 2.36. The van der Waals surface area contributed by atoms with Crippen molar-refractivity contribution in [1.82, 2.24) is 15.0 Å². The maximum Gasteiger partial charge on any atom is 0.525 e. The standard InChI is InChI=1S/C16H25BFN3O4/c1-14(2,3)10(8-21-9-11(13(22)23)19-20-21)12(18)17-24-15(4,5)16(6,7)25-17/h9H,8H2,1-7H3,(H,22,23). The second kappa shape index (κ2) is 6.21. The molecule has 0 bridgehead atoms. The lowest BCUT2D eigenvalue weighted by Gasteiger charge is -2.32. The fourth-order valence-electron chi connectivity index (χ4n) is 2.40. The number of hydrogen-bond acceptors (Lipinski definition) is 5. The van der Waals surface area contributed by atoms with E-state index in [1.165, 1.54) is 10.9 Å². The zero-order chi connectivity index (χ0) is 19.2. The molecule has 138 valence electrons. The molecule has 1 aromatic heterocycles. The van der Waals surface area contributed by atoms with Crippen molar-refractivity contribution in [2.45, 2.75) is 66.2 Å². The number of aromatic carboxylic acids is 1. The lowest BCUT2D eigenvalue weighted by atomic mass is 9.76. The average Bonchev–Trinajstić information content (AvgIpc) is 2.97. The second-order valence-electron chi connectivity index (χ2n) is 8.27. The third-order valence-corrected chi connectivity index (χ3v) is 4.73. The maximum atomic E-state index is 15.3. The number of halogens is 1. The Morgan fingerprint density at radius 1 is 1.28 bits per heavy atom. The molecular formula is C16H25BFN3O4. The molecule has 1 fully saturated rings. The van der Waals surface area contributed by atoms with Crippen LogP contribution in [0.2, 0.25) is 0 Å². The Morgan fingerprint density at radius 3 is 2.20 bits per heavy atom.